The van der Waals surface area contributed by atoms with E-state index in [4.69, 9.17) is 18.9 Å². The fourth-order valence-corrected chi connectivity index (χ4v) is 11.3. The van der Waals surface area contributed by atoms with E-state index in [-0.39, 0.29) is 85.0 Å². The molecule has 488 valence electrons. The van der Waals surface area contributed by atoms with Gasteiger partial charge in [0.25, 0.3) is 11.8 Å². The predicted molar refractivity (Wildman–Crippen MR) is 358 cm³/mol. The Morgan fingerprint density at radius 1 is 0.681 bits per heavy atom. The molecule has 2 unspecified atom stereocenters. The Labute approximate surface area is 537 Å². The Morgan fingerprint density at radius 2 is 1.22 bits per heavy atom. The zero-order valence-electron chi connectivity index (χ0n) is 54.1. The Bertz CT molecular complexity index is 3390. The van der Waals surface area contributed by atoms with Crippen LogP contribution in [-0.2, 0) is 24.0 Å². The number of methoxy groups -OCH3 is 2. The van der Waals surface area contributed by atoms with E-state index in [0.717, 1.165) is 80.6 Å². The number of nitrogens with zero attached hydrogens (tertiary/aromatic N) is 7. The Hall–Kier alpha value is -8.65. The van der Waals surface area contributed by atoms with Crippen LogP contribution in [0.2, 0.25) is 0 Å². The van der Waals surface area contributed by atoms with E-state index < -0.39 is 0 Å². The molecule has 0 radical (unpaired) electrons. The topological polar surface area (TPSA) is 221 Å². The number of Topliss-reactive ketones (excluding diaryl/α,β-unsaturated/α-hetero) is 1. The van der Waals surface area contributed by atoms with Gasteiger partial charge in [-0.2, -0.15) is 0 Å². The van der Waals surface area contributed by atoms with Crippen molar-refractivity contribution in [3.63, 3.8) is 0 Å². The molecule has 4 aromatic rings. The molecule has 6 heterocycles. The number of ether oxygens (including phenoxy) is 4. The van der Waals surface area contributed by atoms with Crippen LogP contribution >= 0.6 is 0 Å². The van der Waals surface area contributed by atoms with Crippen LogP contribution in [0.15, 0.2) is 95.2 Å². The van der Waals surface area contributed by atoms with Gasteiger partial charge in [-0.15, -0.1) is 0 Å². The zero-order chi connectivity index (χ0) is 64.8. The SMILES string of the molecule is C.CC1CC(=O)N(CCCCCC(=O)NC(C)C(C)C)C1=O.CCCOc1cc2c(cc1OC)C(=O)N1C=C(c3ccc(N4CCN(C)CC4)cc3)C[C@H]1C=N2.CCOc1cc2c(cc1OC)C(=O)N1C=C(c3ccc(NC(=O)[C@H](C)CC(C)=O)cc3)C[C@H]1C=N2. The monoisotopic (exact) mass is 1250 g/mol. The summed E-state index contributed by atoms with van der Waals surface area (Å²) in [4.78, 5) is 104. The lowest BCUT2D eigenvalue weighted by Gasteiger charge is -2.34. The molecule has 6 aliphatic rings. The third-order valence-corrected chi connectivity index (χ3v) is 17.0. The van der Waals surface area contributed by atoms with E-state index in [1.54, 1.807) is 62.3 Å². The number of hydrogen-bond acceptors (Lipinski definition) is 15. The molecule has 20 heteroatoms. The predicted octanol–water partition coefficient (Wildman–Crippen LogP) is 11.6. The molecule has 10 rings (SSSR count). The number of nitrogens with one attached hydrogen (secondary N) is 2. The quantitative estimate of drug-likeness (QED) is 0.0553. The third-order valence-electron chi connectivity index (χ3n) is 17.0. The molecule has 4 aromatic carbocycles. The van der Waals surface area contributed by atoms with Crippen molar-refractivity contribution in [2.24, 2.45) is 27.7 Å². The van der Waals surface area contributed by atoms with Crippen LogP contribution in [0.4, 0.5) is 22.7 Å². The number of rotatable bonds is 22. The number of piperazine rings is 1. The number of hydrogen-bond donors (Lipinski definition) is 2. The van der Waals surface area contributed by atoms with Crippen LogP contribution in [0.5, 0.6) is 23.0 Å². The molecule has 6 amide bonds. The number of ketones is 1. The number of likely N-dealkylation sites (tertiary alicyclic amines) is 1. The highest BCUT2D eigenvalue weighted by atomic mass is 16.5. The van der Waals surface area contributed by atoms with Gasteiger partial charge in [0, 0.05) is 131 Å². The number of imide groups is 1. The fraction of sp³-hybridized carbons (Fsp3) is 0.479. The van der Waals surface area contributed by atoms with Crippen LogP contribution in [0.25, 0.3) is 11.1 Å². The van der Waals surface area contributed by atoms with Crippen LogP contribution in [0.1, 0.15) is 152 Å². The van der Waals surface area contributed by atoms with Gasteiger partial charge in [-0.1, -0.05) is 72.7 Å². The number of amides is 6. The van der Waals surface area contributed by atoms with Gasteiger partial charge in [0.2, 0.25) is 23.6 Å². The van der Waals surface area contributed by atoms with Gasteiger partial charge in [0.05, 0.1) is 62.0 Å². The fourth-order valence-electron chi connectivity index (χ4n) is 11.3. The summed E-state index contributed by atoms with van der Waals surface area (Å²) in [6.07, 6.45) is 13.3. The first-order chi connectivity index (χ1) is 43.2. The number of carbonyl (C=O) groups is 7. The van der Waals surface area contributed by atoms with Gasteiger partial charge in [0.1, 0.15) is 5.78 Å². The van der Waals surface area contributed by atoms with Crippen LogP contribution in [-0.4, -0.2) is 159 Å². The maximum atomic E-state index is 13.5. The molecule has 2 N–H and O–H groups in total. The van der Waals surface area contributed by atoms with Gasteiger partial charge in [0.15, 0.2) is 23.0 Å². The maximum Gasteiger partial charge on any atom is 0.260 e. The first kappa shape index (κ1) is 69.8. The summed E-state index contributed by atoms with van der Waals surface area (Å²) in [5, 5.41) is 5.82. The van der Waals surface area contributed by atoms with Crippen LogP contribution < -0.4 is 34.5 Å². The average Bonchev–Trinajstić information content (AvgIpc) is 1.72. The van der Waals surface area contributed by atoms with E-state index in [0.29, 0.717) is 96.1 Å². The number of likely N-dealkylation sites (N-methyl/N-ethyl adjacent to an activating group) is 1. The van der Waals surface area contributed by atoms with Crippen molar-refractivity contribution in [2.75, 3.05) is 77.4 Å². The molecule has 5 atom stereocenters. The van der Waals surface area contributed by atoms with Crippen molar-refractivity contribution < 1.29 is 52.5 Å². The number of aliphatic imine (C=N–C) groups is 2. The lowest BCUT2D eigenvalue weighted by atomic mass is 10.0. The summed E-state index contributed by atoms with van der Waals surface area (Å²) in [5.74, 6) is 1.64. The largest absolute Gasteiger partial charge is 0.493 e. The van der Waals surface area contributed by atoms with E-state index >= 15 is 0 Å². The van der Waals surface area contributed by atoms with Crippen molar-refractivity contribution >= 4 is 87.6 Å². The van der Waals surface area contributed by atoms with Gasteiger partial charge in [-0.3, -0.25) is 43.7 Å². The van der Waals surface area contributed by atoms with Crippen molar-refractivity contribution in [3.05, 3.63) is 107 Å². The minimum Gasteiger partial charge on any atom is -0.493 e. The van der Waals surface area contributed by atoms with E-state index in [1.807, 2.05) is 62.8 Å². The Balaban J connectivity index is 0.000000199. The van der Waals surface area contributed by atoms with Gasteiger partial charge >= 0.3 is 0 Å². The molecule has 2 saturated heterocycles. The van der Waals surface area contributed by atoms with Crippen LogP contribution in [0, 0.1) is 17.8 Å². The van der Waals surface area contributed by atoms with Gasteiger partial charge in [-0.25, -0.2) is 0 Å². The average molecular weight is 1250 g/mol. The molecule has 0 saturated carbocycles. The van der Waals surface area contributed by atoms with E-state index in [2.05, 4.69) is 82.5 Å². The molecular weight excluding hydrogens is 1150 g/mol. The van der Waals surface area contributed by atoms with Gasteiger partial charge < -0.3 is 54.0 Å². The molecule has 0 aliphatic carbocycles. The summed E-state index contributed by atoms with van der Waals surface area (Å²) in [7, 11) is 5.30. The van der Waals surface area contributed by atoms with E-state index in [1.165, 1.54) is 17.5 Å². The zero-order valence-corrected chi connectivity index (χ0v) is 54.1. The number of fused-ring (bicyclic) bond motifs is 4. The smallest absolute Gasteiger partial charge is 0.260 e. The lowest BCUT2D eigenvalue weighted by molar-refractivity contribution is -0.139. The Kier molecular flexibility index (Phi) is 24.8. The highest BCUT2D eigenvalue weighted by Crippen LogP contribution is 2.42. The minimum atomic E-state index is -0.388. The summed E-state index contributed by atoms with van der Waals surface area (Å²) in [6.45, 7) is 20.9. The van der Waals surface area contributed by atoms with Crippen molar-refractivity contribution in [2.45, 2.75) is 139 Å². The lowest BCUT2D eigenvalue weighted by Crippen LogP contribution is -2.44. The van der Waals surface area contributed by atoms with Crippen LogP contribution in [0.3, 0.4) is 0 Å². The molecule has 0 bridgehead atoms. The molecular formula is C71H93N9O11. The second-order valence-electron chi connectivity index (χ2n) is 24.3. The van der Waals surface area contributed by atoms with Gasteiger partial charge in [-0.05, 0) is 112 Å². The number of carbonyl (C=O) groups excluding carboxylic acids is 7. The Morgan fingerprint density at radius 3 is 1.70 bits per heavy atom. The normalized spacial score (nSPS) is 18.7. The first-order valence-electron chi connectivity index (χ1n) is 31.6. The van der Waals surface area contributed by atoms with Crippen molar-refractivity contribution in [1.82, 2.24) is 24.9 Å². The standard InChI is InChI=1S/C27H32N4O3.C27H29N3O5.C16H28N2O3.CH4/c1-4-13-34-26-16-24-23(15-25(26)33-3)27(32)31-18-20(14-22(31)17-28-24)19-5-7-21(8-6-19)30-11-9-29(2)10-12-30;1-5-35-25-13-23-22(12-24(25)34-4)27(33)30-15-19(11-21(30)14-28-23)18-6-8-20(9-7-18)29-26(32)16(2)10-17(3)31;1-11(2)13(4)17-14(19)8-6-5-7-9-18-15(20)10-12(3)16(18)21;/h5-8,15-18,22H,4,9-14H2,1-3H3;6-9,12-16,21H,5,10-11H2,1-4H3,(H,29,32);11-13H,5-10H2,1-4H3,(H,17,19);1H4/t22-;16-,21+;;/m01../s1. The molecule has 91 heavy (non-hydrogen) atoms. The molecule has 2 fully saturated rings. The van der Waals surface area contributed by atoms with Crippen molar-refractivity contribution in [3.8, 4) is 23.0 Å². The second kappa shape index (κ2) is 32.4. The summed E-state index contributed by atoms with van der Waals surface area (Å²) >= 11 is 0. The summed E-state index contributed by atoms with van der Waals surface area (Å²) in [5.41, 5.74) is 8.33. The highest BCUT2D eigenvalue weighted by Gasteiger charge is 2.37. The van der Waals surface area contributed by atoms with Crippen molar-refractivity contribution in [1.29, 1.82) is 0 Å². The molecule has 20 nitrogen and oxygen atoms in total. The molecule has 0 aromatic heterocycles. The summed E-state index contributed by atoms with van der Waals surface area (Å²) in [6, 6.07) is 23.1. The molecule has 6 aliphatic heterocycles. The number of anilines is 2. The highest BCUT2D eigenvalue weighted by molar-refractivity contribution is 6.07. The van der Waals surface area contributed by atoms with E-state index in [9.17, 15) is 33.6 Å². The third kappa shape index (κ3) is 17.7. The number of unbranched alkanes of at least 4 members (excludes halogenated alkanes) is 2. The molecule has 0 spiro atoms. The first-order valence-corrected chi connectivity index (χ1v) is 31.6. The minimum absolute atomic E-state index is 0. The summed E-state index contributed by atoms with van der Waals surface area (Å²) < 4.78 is 22.3. The maximum absolute atomic E-state index is 13.5. The second-order valence-corrected chi connectivity index (χ2v) is 24.3. The number of benzene rings is 4.